The van der Waals surface area contributed by atoms with Crippen LogP contribution in [0.25, 0.3) is 5.65 Å². The van der Waals surface area contributed by atoms with Crippen LogP contribution in [0.15, 0.2) is 18.6 Å². The zero-order valence-electron chi connectivity index (χ0n) is 14.7. The van der Waals surface area contributed by atoms with Crippen molar-refractivity contribution in [2.45, 2.75) is 33.9 Å². The highest BCUT2D eigenvalue weighted by atomic mass is 16.1. The van der Waals surface area contributed by atoms with Crippen molar-refractivity contribution in [2.75, 3.05) is 13.1 Å². The van der Waals surface area contributed by atoms with E-state index in [1.54, 1.807) is 10.7 Å². The van der Waals surface area contributed by atoms with Gasteiger partial charge in [0.2, 0.25) is 0 Å². The number of amides is 1. The molecule has 9 heteroatoms. The maximum atomic E-state index is 12.4. The van der Waals surface area contributed by atoms with Gasteiger partial charge in [0.25, 0.3) is 5.91 Å². The molecule has 0 unspecified atom stereocenters. The third kappa shape index (κ3) is 3.82. The fourth-order valence-corrected chi connectivity index (χ4v) is 2.58. The fourth-order valence-electron chi connectivity index (χ4n) is 2.58. The third-order valence-electron chi connectivity index (χ3n) is 4.01. The Morgan fingerprint density at radius 2 is 2.12 bits per heavy atom. The lowest BCUT2D eigenvalue weighted by molar-refractivity contribution is 0.0951. The van der Waals surface area contributed by atoms with Gasteiger partial charge in [0.1, 0.15) is 11.4 Å². The largest absolute Gasteiger partial charge is 0.344 e. The summed E-state index contributed by atoms with van der Waals surface area (Å²) in [5.41, 5.74) is 2.02. The number of H-pyrrole nitrogens is 1. The summed E-state index contributed by atoms with van der Waals surface area (Å²) in [6.07, 6.45) is 5.24. The molecule has 2 N–H and O–H groups in total. The minimum absolute atomic E-state index is 0.249. The number of nitrogens with zero attached hydrogens (tertiary/aromatic N) is 6. The number of hydrogen-bond acceptors (Lipinski definition) is 6. The molecule has 0 saturated heterocycles. The summed E-state index contributed by atoms with van der Waals surface area (Å²) in [5, 5.41) is 13.8. The maximum absolute atomic E-state index is 12.4. The molecule has 3 rings (SSSR count). The van der Waals surface area contributed by atoms with Gasteiger partial charge in [-0.15, -0.1) is 0 Å². The number of aryl methyl sites for hydroxylation is 1. The minimum Gasteiger partial charge on any atom is -0.344 e. The van der Waals surface area contributed by atoms with Crippen molar-refractivity contribution in [3.8, 4) is 0 Å². The molecule has 9 nitrogen and oxygen atoms in total. The van der Waals surface area contributed by atoms with Gasteiger partial charge in [-0.3, -0.25) is 14.8 Å². The zero-order chi connectivity index (χ0) is 17.8. The van der Waals surface area contributed by atoms with Gasteiger partial charge in [-0.25, -0.2) is 14.5 Å². The molecule has 0 aliphatic heterocycles. The number of nitrogens with one attached hydrogen (secondary N) is 2. The molecule has 3 heterocycles. The summed E-state index contributed by atoms with van der Waals surface area (Å²) in [4.78, 5) is 23.2. The van der Waals surface area contributed by atoms with Crippen LogP contribution in [-0.2, 0) is 13.1 Å². The van der Waals surface area contributed by atoms with E-state index in [2.05, 4.69) is 49.3 Å². The number of fused-ring (bicyclic) bond motifs is 1. The molecule has 0 fully saturated rings. The van der Waals surface area contributed by atoms with E-state index in [0.29, 0.717) is 22.9 Å². The van der Waals surface area contributed by atoms with Crippen LogP contribution in [0.1, 0.15) is 41.4 Å². The molecule has 0 bridgehead atoms. The van der Waals surface area contributed by atoms with Gasteiger partial charge in [-0.2, -0.15) is 10.2 Å². The summed E-state index contributed by atoms with van der Waals surface area (Å²) in [6.45, 7) is 9.07. The lowest BCUT2D eigenvalue weighted by atomic mass is 10.3. The Kier molecular flexibility index (Phi) is 5.03. The molecule has 0 saturated carbocycles. The summed E-state index contributed by atoms with van der Waals surface area (Å²) >= 11 is 0. The summed E-state index contributed by atoms with van der Waals surface area (Å²) in [7, 11) is 0. The minimum atomic E-state index is -0.249. The highest BCUT2D eigenvalue weighted by Crippen LogP contribution is 2.10. The Morgan fingerprint density at radius 1 is 1.32 bits per heavy atom. The van der Waals surface area contributed by atoms with Crippen LogP contribution in [0.5, 0.6) is 0 Å². The van der Waals surface area contributed by atoms with Gasteiger partial charge in [-0.1, -0.05) is 13.8 Å². The molecule has 0 spiro atoms. The second kappa shape index (κ2) is 7.39. The average molecular weight is 342 g/mol. The van der Waals surface area contributed by atoms with Gasteiger partial charge in [0.15, 0.2) is 11.5 Å². The van der Waals surface area contributed by atoms with Crippen LogP contribution in [0, 0.1) is 6.92 Å². The van der Waals surface area contributed by atoms with Gasteiger partial charge in [0, 0.05) is 24.5 Å². The third-order valence-corrected chi connectivity index (χ3v) is 4.01. The molecule has 0 aliphatic rings. The van der Waals surface area contributed by atoms with E-state index >= 15 is 0 Å². The second-order valence-electron chi connectivity index (χ2n) is 5.77. The Bertz CT molecular complexity index is 864. The van der Waals surface area contributed by atoms with Crippen LogP contribution in [0.4, 0.5) is 0 Å². The van der Waals surface area contributed by atoms with Crippen LogP contribution in [-0.4, -0.2) is 53.7 Å². The molecule has 0 atom stereocenters. The first kappa shape index (κ1) is 17.0. The lowest BCUT2D eigenvalue weighted by Gasteiger charge is -2.17. The van der Waals surface area contributed by atoms with Crippen molar-refractivity contribution in [2.24, 2.45) is 0 Å². The SMILES string of the molecule is CCN(CC)Cc1cnc2c(C(=O)NCc3n[nH]c(C)n3)cnn2c1. The highest BCUT2D eigenvalue weighted by Gasteiger charge is 2.15. The van der Waals surface area contributed by atoms with Crippen molar-refractivity contribution < 1.29 is 4.79 Å². The molecule has 1 amide bonds. The van der Waals surface area contributed by atoms with Crippen LogP contribution >= 0.6 is 0 Å². The molecule has 0 radical (unpaired) electrons. The molecule has 3 aromatic rings. The Labute approximate surface area is 145 Å². The number of hydrogen-bond donors (Lipinski definition) is 2. The quantitative estimate of drug-likeness (QED) is 0.662. The Balaban J connectivity index is 1.72. The summed E-state index contributed by atoms with van der Waals surface area (Å²) in [6, 6.07) is 0. The van der Waals surface area contributed by atoms with Gasteiger partial charge in [0.05, 0.1) is 12.7 Å². The van der Waals surface area contributed by atoms with E-state index < -0.39 is 0 Å². The smallest absolute Gasteiger partial charge is 0.257 e. The Hall–Kier alpha value is -2.81. The Morgan fingerprint density at radius 3 is 2.80 bits per heavy atom. The van der Waals surface area contributed by atoms with Crippen molar-refractivity contribution in [3.63, 3.8) is 0 Å². The fraction of sp³-hybridized carbons (Fsp3) is 0.438. The zero-order valence-corrected chi connectivity index (χ0v) is 14.7. The molecule has 0 aliphatic carbocycles. The first-order valence-corrected chi connectivity index (χ1v) is 8.31. The molecule has 0 aromatic carbocycles. The highest BCUT2D eigenvalue weighted by molar-refractivity contribution is 5.99. The molecule has 132 valence electrons. The first-order valence-electron chi connectivity index (χ1n) is 8.31. The topological polar surface area (TPSA) is 104 Å². The van der Waals surface area contributed by atoms with Crippen molar-refractivity contribution in [1.29, 1.82) is 0 Å². The van der Waals surface area contributed by atoms with E-state index in [-0.39, 0.29) is 12.5 Å². The molecule has 3 aromatic heterocycles. The molecule has 25 heavy (non-hydrogen) atoms. The number of rotatable bonds is 7. The predicted octanol–water partition coefficient (Wildman–Crippen LogP) is 0.928. The number of carbonyl (C=O) groups is 1. The van der Waals surface area contributed by atoms with Crippen molar-refractivity contribution >= 4 is 11.6 Å². The number of carbonyl (C=O) groups excluding carboxylic acids is 1. The van der Waals surface area contributed by atoms with E-state index in [1.165, 1.54) is 6.20 Å². The van der Waals surface area contributed by atoms with E-state index in [0.717, 1.165) is 25.2 Å². The van der Waals surface area contributed by atoms with Gasteiger partial charge in [-0.05, 0) is 20.0 Å². The van der Waals surface area contributed by atoms with Crippen LogP contribution < -0.4 is 5.32 Å². The van der Waals surface area contributed by atoms with Gasteiger partial charge >= 0.3 is 0 Å². The number of aromatic amines is 1. The standard InChI is InChI=1S/C16H22N8O/c1-4-23(5-2)9-12-6-17-15-13(7-19-24(15)10-12)16(25)18-8-14-20-11(3)21-22-14/h6-7,10H,4-5,8-9H2,1-3H3,(H,18,25)(H,20,21,22). The van der Waals surface area contributed by atoms with Gasteiger partial charge < -0.3 is 5.32 Å². The molecular weight excluding hydrogens is 320 g/mol. The first-order chi connectivity index (χ1) is 12.1. The predicted molar refractivity (Wildman–Crippen MR) is 91.9 cm³/mol. The molecular formula is C16H22N8O. The van der Waals surface area contributed by atoms with Crippen LogP contribution in [0.3, 0.4) is 0 Å². The normalized spacial score (nSPS) is 11.4. The van der Waals surface area contributed by atoms with E-state index in [4.69, 9.17) is 0 Å². The monoisotopic (exact) mass is 342 g/mol. The van der Waals surface area contributed by atoms with E-state index in [1.807, 2.05) is 13.1 Å². The second-order valence-corrected chi connectivity index (χ2v) is 5.77. The van der Waals surface area contributed by atoms with Crippen molar-refractivity contribution in [3.05, 3.63) is 41.4 Å². The maximum Gasteiger partial charge on any atom is 0.257 e. The lowest BCUT2D eigenvalue weighted by Crippen LogP contribution is -2.24. The van der Waals surface area contributed by atoms with E-state index in [9.17, 15) is 4.79 Å². The number of aromatic nitrogens is 6. The van der Waals surface area contributed by atoms with Crippen molar-refractivity contribution in [1.82, 2.24) is 40.0 Å². The summed E-state index contributed by atoms with van der Waals surface area (Å²) < 4.78 is 1.64. The average Bonchev–Trinajstić information content (AvgIpc) is 3.23. The van der Waals surface area contributed by atoms with Crippen LogP contribution in [0.2, 0.25) is 0 Å². The summed E-state index contributed by atoms with van der Waals surface area (Å²) in [5.74, 6) is 1.00.